The first kappa shape index (κ1) is 14.4. The number of nitrogens with zero attached hydrogens (tertiary/aromatic N) is 2. The molecular formula is C16H20N2O2. The summed E-state index contributed by atoms with van der Waals surface area (Å²) in [6.07, 6.45) is 3.12. The number of benzene rings is 1. The number of anilines is 1. The van der Waals surface area contributed by atoms with Crippen LogP contribution in [0.1, 0.15) is 38.2 Å². The third-order valence-electron chi connectivity index (χ3n) is 4.13. The lowest BCUT2D eigenvalue weighted by Gasteiger charge is -2.30. The van der Waals surface area contributed by atoms with Gasteiger partial charge in [0.15, 0.2) is 0 Å². The molecule has 1 fully saturated rings. The van der Waals surface area contributed by atoms with E-state index in [9.17, 15) is 15.2 Å². The van der Waals surface area contributed by atoms with Gasteiger partial charge >= 0.3 is 0 Å². The molecule has 0 bridgehead atoms. The van der Waals surface area contributed by atoms with Crippen LogP contribution in [-0.4, -0.2) is 17.6 Å². The Morgan fingerprint density at radius 3 is 2.65 bits per heavy atom. The van der Waals surface area contributed by atoms with E-state index in [1.54, 1.807) is 23.1 Å². The summed E-state index contributed by atoms with van der Waals surface area (Å²) in [6.45, 7) is 4.28. The van der Waals surface area contributed by atoms with Gasteiger partial charge in [-0.15, -0.1) is 0 Å². The maximum atomic E-state index is 12.8. The first-order valence-electron chi connectivity index (χ1n) is 7.07. The predicted molar refractivity (Wildman–Crippen MR) is 77.4 cm³/mol. The highest BCUT2D eigenvalue weighted by Crippen LogP contribution is 2.40. The zero-order valence-electron chi connectivity index (χ0n) is 12.0. The van der Waals surface area contributed by atoms with Crippen molar-refractivity contribution in [2.75, 3.05) is 11.4 Å². The second-order valence-corrected chi connectivity index (χ2v) is 5.42. The Bertz CT molecular complexity index is 554. The SMILES string of the molecule is CCN(C(=O)C1(C#N)CCCC1)c1cc(O)ccc1C. The molecule has 1 amide bonds. The minimum absolute atomic E-state index is 0.131. The van der Waals surface area contributed by atoms with E-state index in [0.717, 1.165) is 18.4 Å². The molecular weight excluding hydrogens is 252 g/mol. The molecule has 0 spiro atoms. The van der Waals surface area contributed by atoms with Crippen molar-refractivity contribution in [1.29, 1.82) is 5.26 Å². The van der Waals surface area contributed by atoms with Crippen LogP contribution in [0, 0.1) is 23.7 Å². The van der Waals surface area contributed by atoms with Crippen LogP contribution in [0.5, 0.6) is 5.75 Å². The van der Waals surface area contributed by atoms with E-state index in [-0.39, 0.29) is 11.7 Å². The summed E-state index contributed by atoms with van der Waals surface area (Å²) in [5.41, 5.74) is 0.733. The van der Waals surface area contributed by atoms with E-state index in [0.29, 0.717) is 25.1 Å². The molecule has 0 aromatic heterocycles. The lowest BCUT2D eigenvalue weighted by molar-refractivity contribution is -0.125. The number of rotatable bonds is 3. The van der Waals surface area contributed by atoms with Crippen LogP contribution < -0.4 is 4.90 Å². The Labute approximate surface area is 119 Å². The van der Waals surface area contributed by atoms with Crippen molar-refractivity contribution in [3.63, 3.8) is 0 Å². The summed E-state index contributed by atoms with van der Waals surface area (Å²) in [5.74, 6) is 0.00276. The monoisotopic (exact) mass is 272 g/mol. The molecule has 0 radical (unpaired) electrons. The third kappa shape index (κ3) is 2.36. The van der Waals surface area contributed by atoms with Crippen LogP contribution in [0.2, 0.25) is 0 Å². The summed E-state index contributed by atoms with van der Waals surface area (Å²) >= 11 is 0. The number of amides is 1. The van der Waals surface area contributed by atoms with E-state index < -0.39 is 5.41 Å². The van der Waals surface area contributed by atoms with Crippen LogP contribution in [-0.2, 0) is 4.79 Å². The van der Waals surface area contributed by atoms with Crippen molar-refractivity contribution in [3.8, 4) is 11.8 Å². The molecule has 0 unspecified atom stereocenters. The van der Waals surface area contributed by atoms with Gasteiger partial charge in [0.2, 0.25) is 5.91 Å². The zero-order valence-corrected chi connectivity index (χ0v) is 12.0. The van der Waals surface area contributed by atoms with Gasteiger partial charge in [0.25, 0.3) is 0 Å². The minimum atomic E-state index is -0.881. The number of nitriles is 1. The Morgan fingerprint density at radius 1 is 1.45 bits per heavy atom. The predicted octanol–water partition coefficient (Wildman–Crippen LogP) is 3.14. The van der Waals surface area contributed by atoms with Crippen LogP contribution >= 0.6 is 0 Å². The molecule has 1 aliphatic carbocycles. The number of aromatic hydroxyl groups is 1. The summed E-state index contributed by atoms with van der Waals surface area (Å²) < 4.78 is 0. The number of hydrogen-bond donors (Lipinski definition) is 1. The Hall–Kier alpha value is -2.02. The fourth-order valence-corrected chi connectivity index (χ4v) is 2.92. The molecule has 1 aromatic carbocycles. The minimum Gasteiger partial charge on any atom is -0.508 e. The van der Waals surface area contributed by atoms with Gasteiger partial charge in [-0.05, 0) is 38.3 Å². The molecule has 20 heavy (non-hydrogen) atoms. The van der Waals surface area contributed by atoms with Gasteiger partial charge in [0.05, 0.1) is 11.8 Å². The quantitative estimate of drug-likeness (QED) is 0.919. The third-order valence-corrected chi connectivity index (χ3v) is 4.13. The lowest BCUT2D eigenvalue weighted by Crippen LogP contribution is -2.42. The fourth-order valence-electron chi connectivity index (χ4n) is 2.92. The Balaban J connectivity index is 2.40. The van der Waals surface area contributed by atoms with Crippen LogP contribution in [0.4, 0.5) is 5.69 Å². The molecule has 0 atom stereocenters. The van der Waals surface area contributed by atoms with Gasteiger partial charge in [0.1, 0.15) is 11.2 Å². The molecule has 0 heterocycles. The van der Waals surface area contributed by atoms with Gasteiger partial charge in [-0.1, -0.05) is 18.9 Å². The van der Waals surface area contributed by atoms with Crippen molar-refractivity contribution >= 4 is 11.6 Å². The number of hydrogen-bond acceptors (Lipinski definition) is 3. The highest BCUT2D eigenvalue weighted by Gasteiger charge is 2.44. The molecule has 0 aliphatic heterocycles. The van der Waals surface area contributed by atoms with Crippen molar-refractivity contribution in [1.82, 2.24) is 0 Å². The molecule has 1 saturated carbocycles. The van der Waals surface area contributed by atoms with Gasteiger partial charge < -0.3 is 10.0 Å². The average Bonchev–Trinajstić information content (AvgIpc) is 2.93. The Kier molecular flexibility index (Phi) is 3.99. The number of aryl methyl sites for hydroxylation is 1. The lowest BCUT2D eigenvalue weighted by atomic mass is 9.86. The Morgan fingerprint density at radius 2 is 2.10 bits per heavy atom. The number of carbonyl (C=O) groups excluding carboxylic acids is 1. The first-order valence-corrected chi connectivity index (χ1v) is 7.07. The summed E-state index contributed by atoms with van der Waals surface area (Å²) in [4.78, 5) is 14.4. The first-order chi connectivity index (χ1) is 9.54. The van der Waals surface area contributed by atoms with Crippen molar-refractivity contribution < 1.29 is 9.90 Å². The second kappa shape index (κ2) is 5.54. The molecule has 106 valence electrons. The second-order valence-electron chi connectivity index (χ2n) is 5.42. The van der Waals surface area contributed by atoms with Crippen LogP contribution in [0.3, 0.4) is 0 Å². The maximum absolute atomic E-state index is 12.8. The average molecular weight is 272 g/mol. The molecule has 4 heteroatoms. The van der Waals surface area contributed by atoms with E-state index in [4.69, 9.17) is 0 Å². The normalized spacial score (nSPS) is 16.6. The summed E-state index contributed by atoms with van der Waals surface area (Å²) in [6, 6.07) is 7.23. The van der Waals surface area contributed by atoms with Crippen LogP contribution in [0.25, 0.3) is 0 Å². The molecule has 1 aliphatic rings. The number of carbonyl (C=O) groups is 1. The van der Waals surface area contributed by atoms with Crippen molar-refractivity contribution in [2.24, 2.45) is 5.41 Å². The van der Waals surface area contributed by atoms with E-state index in [2.05, 4.69) is 6.07 Å². The molecule has 1 aromatic rings. The highest BCUT2D eigenvalue weighted by atomic mass is 16.3. The maximum Gasteiger partial charge on any atom is 0.247 e. The molecule has 1 N–H and O–H groups in total. The highest BCUT2D eigenvalue weighted by molar-refractivity contribution is 6.00. The standard InChI is InChI=1S/C16H20N2O2/c1-3-18(14-10-13(19)7-6-12(14)2)15(20)16(11-17)8-4-5-9-16/h6-7,10,19H,3-5,8-9H2,1-2H3. The molecule has 4 nitrogen and oxygen atoms in total. The smallest absolute Gasteiger partial charge is 0.247 e. The van der Waals surface area contributed by atoms with Gasteiger partial charge in [0, 0.05) is 12.6 Å². The van der Waals surface area contributed by atoms with Gasteiger partial charge in [-0.25, -0.2) is 0 Å². The van der Waals surface area contributed by atoms with E-state index in [1.165, 1.54) is 0 Å². The topological polar surface area (TPSA) is 64.3 Å². The summed E-state index contributed by atoms with van der Waals surface area (Å²) in [7, 11) is 0. The van der Waals surface area contributed by atoms with Gasteiger partial charge in [-0.2, -0.15) is 5.26 Å². The fraction of sp³-hybridized carbons (Fsp3) is 0.500. The van der Waals surface area contributed by atoms with Crippen LogP contribution in [0.15, 0.2) is 18.2 Å². The number of phenols is 1. The largest absolute Gasteiger partial charge is 0.508 e. The molecule has 2 rings (SSSR count). The summed E-state index contributed by atoms with van der Waals surface area (Å²) in [5, 5.41) is 19.1. The molecule has 0 saturated heterocycles. The zero-order chi connectivity index (χ0) is 14.8. The van der Waals surface area contributed by atoms with Crippen molar-refractivity contribution in [3.05, 3.63) is 23.8 Å². The number of phenolic OH excluding ortho intramolecular Hbond substituents is 1. The van der Waals surface area contributed by atoms with Crippen molar-refractivity contribution in [2.45, 2.75) is 39.5 Å². The van der Waals surface area contributed by atoms with Gasteiger partial charge in [-0.3, -0.25) is 4.79 Å². The van der Waals surface area contributed by atoms with E-state index >= 15 is 0 Å². The van der Waals surface area contributed by atoms with E-state index in [1.807, 2.05) is 13.8 Å².